The molecule has 0 fully saturated rings. The van der Waals surface area contributed by atoms with Crippen LogP contribution in [0.1, 0.15) is 76.0 Å². The molecule has 4 aromatic carbocycles. The molecule has 0 radical (unpaired) electrons. The van der Waals surface area contributed by atoms with Gasteiger partial charge in [0.15, 0.2) is 0 Å². The minimum absolute atomic E-state index is 0.263. The predicted octanol–water partition coefficient (Wildman–Crippen LogP) is 8.12. The fourth-order valence-corrected chi connectivity index (χ4v) is 4.31. The molecule has 3 N–H and O–H groups in total. The van der Waals surface area contributed by atoms with Crippen LogP contribution in [0, 0.1) is 10.8 Å². The number of hydrogen-bond acceptors (Lipinski definition) is 5. The summed E-state index contributed by atoms with van der Waals surface area (Å²) in [4.78, 5) is 22.8. The Labute approximate surface area is 254 Å². The van der Waals surface area contributed by atoms with E-state index in [9.17, 15) is 19.8 Å². The SMILES string of the molecule is COC(=O)C(C)(C)/C=C/c1ccc2ccc([C@@H](C)O)cc2c1.C[C@@H](O)c1ccc2ccc(/C=C/C(C)(C)C(=O)O)cc2c1. The fourth-order valence-electron chi connectivity index (χ4n) is 4.31. The molecular formula is C37H42O6. The van der Waals surface area contributed by atoms with E-state index in [1.165, 1.54) is 7.11 Å². The average Bonchev–Trinajstić information content (AvgIpc) is 2.97. The second-order valence-corrected chi connectivity index (χ2v) is 12.0. The van der Waals surface area contributed by atoms with Gasteiger partial charge in [-0.05, 0) is 110 Å². The number of aliphatic hydroxyl groups excluding tert-OH is 2. The third-order valence-electron chi connectivity index (χ3n) is 7.39. The van der Waals surface area contributed by atoms with Gasteiger partial charge >= 0.3 is 11.9 Å². The summed E-state index contributed by atoms with van der Waals surface area (Å²) in [5.41, 5.74) is 2.16. The lowest BCUT2D eigenvalue weighted by atomic mass is 9.92. The summed E-state index contributed by atoms with van der Waals surface area (Å²) in [5.74, 6) is -1.11. The average molecular weight is 583 g/mol. The van der Waals surface area contributed by atoms with E-state index in [2.05, 4.69) is 0 Å². The van der Waals surface area contributed by atoms with Gasteiger partial charge in [-0.1, -0.05) is 72.8 Å². The normalized spacial score (nSPS) is 13.6. The van der Waals surface area contributed by atoms with Gasteiger partial charge in [-0.3, -0.25) is 9.59 Å². The Morgan fingerprint density at radius 3 is 1.42 bits per heavy atom. The van der Waals surface area contributed by atoms with E-state index in [-0.39, 0.29) is 5.97 Å². The van der Waals surface area contributed by atoms with Crippen molar-refractivity contribution in [2.45, 2.75) is 53.8 Å². The lowest BCUT2D eigenvalue weighted by Crippen LogP contribution is -2.22. The highest BCUT2D eigenvalue weighted by Crippen LogP contribution is 2.26. The van der Waals surface area contributed by atoms with Gasteiger partial charge in [0, 0.05) is 0 Å². The molecule has 2 atom stereocenters. The lowest BCUT2D eigenvalue weighted by Gasteiger charge is -2.16. The molecule has 0 aromatic heterocycles. The van der Waals surface area contributed by atoms with Crippen LogP contribution < -0.4 is 0 Å². The van der Waals surface area contributed by atoms with Gasteiger partial charge in [0.1, 0.15) is 0 Å². The van der Waals surface area contributed by atoms with Gasteiger partial charge in [-0.2, -0.15) is 0 Å². The lowest BCUT2D eigenvalue weighted by molar-refractivity contribution is -0.148. The summed E-state index contributed by atoms with van der Waals surface area (Å²) in [7, 11) is 1.39. The van der Waals surface area contributed by atoms with Crippen LogP contribution in [-0.2, 0) is 14.3 Å². The number of aliphatic hydroxyl groups is 2. The van der Waals surface area contributed by atoms with Crippen molar-refractivity contribution in [1.82, 2.24) is 0 Å². The number of carboxylic acids is 1. The number of carbonyl (C=O) groups excluding carboxylic acids is 1. The number of methoxy groups -OCH3 is 1. The molecule has 226 valence electrons. The van der Waals surface area contributed by atoms with Gasteiger partial charge in [-0.15, -0.1) is 0 Å². The number of hydrogen-bond donors (Lipinski definition) is 3. The molecule has 0 amide bonds. The third kappa shape index (κ3) is 8.87. The van der Waals surface area contributed by atoms with Gasteiger partial charge in [0.05, 0.1) is 30.1 Å². The molecule has 6 nitrogen and oxygen atoms in total. The van der Waals surface area contributed by atoms with Gasteiger partial charge in [0.25, 0.3) is 0 Å². The van der Waals surface area contributed by atoms with Crippen molar-refractivity contribution < 1.29 is 29.6 Å². The molecule has 0 bridgehead atoms. The molecule has 0 saturated heterocycles. The molecule has 0 aliphatic heterocycles. The van der Waals surface area contributed by atoms with Crippen LogP contribution in [-0.4, -0.2) is 34.4 Å². The number of carboxylic acid groups (broad SMARTS) is 1. The van der Waals surface area contributed by atoms with Crippen molar-refractivity contribution in [3.8, 4) is 0 Å². The largest absolute Gasteiger partial charge is 0.481 e. The Balaban J connectivity index is 0.000000236. The molecule has 0 unspecified atom stereocenters. The molecule has 6 heteroatoms. The van der Waals surface area contributed by atoms with E-state index < -0.39 is 29.0 Å². The monoisotopic (exact) mass is 582 g/mol. The first-order valence-electron chi connectivity index (χ1n) is 14.3. The zero-order chi connectivity index (χ0) is 31.9. The van der Waals surface area contributed by atoms with Crippen LogP contribution in [0.5, 0.6) is 0 Å². The Morgan fingerprint density at radius 1 is 0.651 bits per heavy atom. The molecule has 0 spiro atoms. The fraction of sp³-hybridized carbons (Fsp3) is 0.297. The zero-order valence-corrected chi connectivity index (χ0v) is 26.0. The van der Waals surface area contributed by atoms with E-state index in [0.717, 1.165) is 43.8 Å². The number of benzene rings is 4. The molecule has 0 heterocycles. The minimum Gasteiger partial charge on any atom is -0.481 e. The van der Waals surface area contributed by atoms with Crippen molar-refractivity contribution in [3.05, 3.63) is 107 Å². The van der Waals surface area contributed by atoms with Gasteiger partial charge < -0.3 is 20.1 Å². The Morgan fingerprint density at radius 2 is 1.05 bits per heavy atom. The minimum atomic E-state index is -0.892. The highest BCUT2D eigenvalue weighted by molar-refractivity contribution is 5.87. The highest BCUT2D eigenvalue weighted by Gasteiger charge is 2.25. The first-order valence-corrected chi connectivity index (χ1v) is 14.3. The molecule has 4 rings (SSSR count). The highest BCUT2D eigenvalue weighted by atomic mass is 16.5. The Hall–Kier alpha value is -4.26. The van der Waals surface area contributed by atoms with Crippen molar-refractivity contribution in [1.29, 1.82) is 0 Å². The standard InChI is InChI=1S/C19H22O3.C18H20O3/c1-13(20)16-8-7-15-6-5-14(11-17(15)12-16)9-10-19(2,3)18(21)22-4;1-12(19)15-7-6-14-5-4-13(10-16(14)11-15)8-9-18(2,3)17(20)21/h5-13,20H,1-4H3;4-12,19H,1-3H3,(H,20,21)/b10-9+;9-8+/t13-;12-/m11/s1. The maximum atomic E-state index is 11.7. The summed E-state index contributed by atoms with van der Waals surface area (Å²) >= 11 is 0. The van der Waals surface area contributed by atoms with E-state index >= 15 is 0 Å². The second kappa shape index (κ2) is 13.8. The number of carbonyl (C=O) groups is 2. The molecular weight excluding hydrogens is 540 g/mol. The van der Waals surface area contributed by atoms with E-state index in [1.54, 1.807) is 33.8 Å². The quantitative estimate of drug-likeness (QED) is 0.181. The van der Waals surface area contributed by atoms with Crippen molar-refractivity contribution in [3.63, 3.8) is 0 Å². The van der Waals surface area contributed by atoms with Crippen molar-refractivity contribution in [2.24, 2.45) is 10.8 Å². The summed E-state index contributed by atoms with van der Waals surface area (Å²) in [5, 5.41) is 32.7. The summed E-state index contributed by atoms with van der Waals surface area (Å²) < 4.78 is 4.80. The van der Waals surface area contributed by atoms with Crippen LogP contribution >= 0.6 is 0 Å². The maximum Gasteiger partial charge on any atom is 0.315 e. The smallest absolute Gasteiger partial charge is 0.315 e. The Bertz CT molecular complexity index is 1660. The molecule has 0 aliphatic rings. The number of ether oxygens (including phenoxy) is 1. The zero-order valence-electron chi connectivity index (χ0n) is 26.0. The first-order chi connectivity index (χ1) is 20.1. The number of aliphatic carboxylic acids is 1. The van der Waals surface area contributed by atoms with Gasteiger partial charge in [-0.25, -0.2) is 0 Å². The number of fused-ring (bicyclic) bond motifs is 2. The molecule has 43 heavy (non-hydrogen) atoms. The van der Waals surface area contributed by atoms with Gasteiger partial charge in [0.2, 0.25) is 0 Å². The predicted molar refractivity (Wildman–Crippen MR) is 174 cm³/mol. The number of rotatable bonds is 8. The molecule has 4 aromatic rings. The second-order valence-electron chi connectivity index (χ2n) is 12.0. The van der Waals surface area contributed by atoms with Crippen molar-refractivity contribution >= 4 is 45.6 Å². The molecule has 0 saturated carbocycles. The summed E-state index contributed by atoms with van der Waals surface area (Å²) in [6.45, 7) is 10.5. The summed E-state index contributed by atoms with van der Waals surface area (Å²) in [6.07, 6.45) is 6.29. The topological polar surface area (TPSA) is 104 Å². The summed E-state index contributed by atoms with van der Waals surface area (Å²) in [6, 6.07) is 23.8. The van der Waals surface area contributed by atoms with Crippen LogP contribution in [0.3, 0.4) is 0 Å². The van der Waals surface area contributed by atoms with Crippen LogP contribution in [0.2, 0.25) is 0 Å². The van der Waals surface area contributed by atoms with E-state index in [0.29, 0.717) is 0 Å². The molecule has 0 aliphatic carbocycles. The van der Waals surface area contributed by atoms with Crippen molar-refractivity contribution in [2.75, 3.05) is 7.11 Å². The first kappa shape index (κ1) is 33.2. The maximum absolute atomic E-state index is 11.7. The number of esters is 1. The Kier molecular flexibility index (Phi) is 10.7. The third-order valence-corrected chi connectivity index (χ3v) is 7.39. The van der Waals surface area contributed by atoms with Crippen LogP contribution in [0.15, 0.2) is 84.9 Å². The van der Waals surface area contributed by atoms with Crippen LogP contribution in [0.25, 0.3) is 33.7 Å². The van der Waals surface area contributed by atoms with E-state index in [1.807, 2.05) is 105 Å². The van der Waals surface area contributed by atoms with E-state index in [4.69, 9.17) is 9.84 Å². The van der Waals surface area contributed by atoms with Crippen LogP contribution in [0.4, 0.5) is 0 Å².